The minimum atomic E-state index is -0.852. The van der Waals surface area contributed by atoms with Gasteiger partial charge in [0.05, 0.1) is 11.7 Å². The minimum absolute atomic E-state index is 0.108. The van der Waals surface area contributed by atoms with Crippen molar-refractivity contribution in [2.45, 2.75) is 57.2 Å². The Morgan fingerprint density at radius 2 is 1.95 bits per heavy atom. The first-order valence-corrected chi connectivity index (χ1v) is 7.48. The highest BCUT2D eigenvalue weighted by atomic mass is 19.1. The molecule has 1 saturated heterocycles. The van der Waals surface area contributed by atoms with Gasteiger partial charge in [-0.1, -0.05) is 6.92 Å². The number of piperidine rings is 1. The van der Waals surface area contributed by atoms with Crippen LogP contribution in [0.3, 0.4) is 0 Å². The number of aromatic nitrogens is 2. The van der Waals surface area contributed by atoms with E-state index in [4.69, 9.17) is 0 Å². The minimum Gasteiger partial charge on any atom is -0.300 e. The summed E-state index contributed by atoms with van der Waals surface area (Å²) in [7, 11) is 0. The predicted octanol–water partition coefficient (Wildman–Crippen LogP) is 2.76. The summed E-state index contributed by atoms with van der Waals surface area (Å²) in [5.74, 6) is 0. The third-order valence-corrected chi connectivity index (χ3v) is 4.83. The second kappa shape index (κ2) is 4.58. The van der Waals surface area contributed by atoms with E-state index in [1.54, 1.807) is 0 Å². The van der Waals surface area contributed by atoms with Crippen molar-refractivity contribution >= 4 is 0 Å². The lowest BCUT2D eigenvalue weighted by Gasteiger charge is -2.40. The summed E-state index contributed by atoms with van der Waals surface area (Å²) in [5, 5.41) is 4.52. The van der Waals surface area contributed by atoms with E-state index in [0.29, 0.717) is 6.54 Å². The van der Waals surface area contributed by atoms with Crippen molar-refractivity contribution in [1.82, 2.24) is 14.7 Å². The molecule has 0 bridgehead atoms. The zero-order valence-corrected chi connectivity index (χ0v) is 12.0. The molecule has 3 nitrogen and oxygen atoms in total. The average molecular weight is 265 g/mol. The quantitative estimate of drug-likeness (QED) is 0.834. The zero-order chi connectivity index (χ0) is 13.5. The summed E-state index contributed by atoms with van der Waals surface area (Å²) in [6, 6.07) is 0. The van der Waals surface area contributed by atoms with Crippen LogP contribution in [0.4, 0.5) is 4.39 Å². The summed E-state index contributed by atoms with van der Waals surface area (Å²) in [6.45, 7) is 7.05. The van der Waals surface area contributed by atoms with Gasteiger partial charge in [-0.2, -0.15) is 5.10 Å². The predicted molar refractivity (Wildman–Crippen MR) is 74.0 cm³/mol. The summed E-state index contributed by atoms with van der Waals surface area (Å²) in [5.41, 5.74) is 0.551. The molecule has 2 fully saturated rings. The van der Waals surface area contributed by atoms with Crippen LogP contribution in [-0.2, 0) is 12.0 Å². The Balaban J connectivity index is 1.61. The van der Waals surface area contributed by atoms with Gasteiger partial charge in [-0.05, 0) is 44.6 Å². The summed E-state index contributed by atoms with van der Waals surface area (Å²) in [6.07, 6.45) is 8.83. The Bertz CT molecular complexity index is 442. The fraction of sp³-hybridized carbons (Fsp3) is 0.800. The van der Waals surface area contributed by atoms with Gasteiger partial charge in [0.2, 0.25) is 0 Å². The molecule has 1 aliphatic carbocycles. The molecule has 1 aliphatic heterocycles. The lowest BCUT2D eigenvalue weighted by atomic mass is 9.89. The summed E-state index contributed by atoms with van der Waals surface area (Å²) >= 11 is 0. The number of likely N-dealkylation sites (tertiary alicyclic amines) is 1. The van der Waals surface area contributed by atoms with E-state index in [2.05, 4.69) is 34.7 Å². The Morgan fingerprint density at radius 1 is 1.26 bits per heavy atom. The number of nitrogens with zero attached hydrogens (tertiary/aromatic N) is 3. The molecular weight excluding hydrogens is 241 g/mol. The molecule has 1 aromatic rings. The van der Waals surface area contributed by atoms with Crippen LogP contribution in [0.1, 0.15) is 45.1 Å². The second-order valence-corrected chi connectivity index (χ2v) is 6.57. The van der Waals surface area contributed by atoms with Gasteiger partial charge in [-0.3, -0.25) is 9.58 Å². The van der Waals surface area contributed by atoms with E-state index in [9.17, 15) is 4.39 Å². The van der Waals surface area contributed by atoms with Gasteiger partial charge < -0.3 is 0 Å². The molecule has 0 atom stereocenters. The SMILES string of the molecule is CCc1cnn(C2(C)CCN(CC3(F)CC3)CC2)c1. The first kappa shape index (κ1) is 13.1. The summed E-state index contributed by atoms with van der Waals surface area (Å²) < 4.78 is 15.9. The lowest BCUT2D eigenvalue weighted by Crippen LogP contribution is -2.46. The lowest BCUT2D eigenvalue weighted by molar-refractivity contribution is 0.0861. The van der Waals surface area contributed by atoms with Crippen LogP contribution in [0.2, 0.25) is 0 Å². The molecule has 106 valence electrons. The molecular formula is C15H24FN3. The molecule has 2 heterocycles. The maximum absolute atomic E-state index is 13.8. The van der Waals surface area contributed by atoms with Crippen molar-refractivity contribution in [2.75, 3.05) is 19.6 Å². The molecule has 3 rings (SSSR count). The molecule has 0 spiro atoms. The Kier molecular flexibility index (Phi) is 3.16. The van der Waals surface area contributed by atoms with Crippen LogP contribution in [-0.4, -0.2) is 40.0 Å². The largest absolute Gasteiger partial charge is 0.300 e. The molecule has 1 saturated carbocycles. The maximum Gasteiger partial charge on any atom is 0.123 e. The second-order valence-electron chi connectivity index (χ2n) is 6.57. The first-order valence-electron chi connectivity index (χ1n) is 7.48. The van der Waals surface area contributed by atoms with Crippen LogP contribution in [0.15, 0.2) is 12.4 Å². The Labute approximate surface area is 114 Å². The van der Waals surface area contributed by atoms with Crippen molar-refractivity contribution in [3.8, 4) is 0 Å². The van der Waals surface area contributed by atoms with Crippen LogP contribution < -0.4 is 0 Å². The Morgan fingerprint density at radius 3 is 2.47 bits per heavy atom. The van der Waals surface area contributed by atoms with E-state index >= 15 is 0 Å². The van der Waals surface area contributed by atoms with E-state index in [1.807, 2.05) is 6.20 Å². The first-order chi connectivity index (χ1) is 9.03. The molecule has 0 amide bonds. The fourth-order valence-corrected chi connectivity index (χ4v) is 2.95. The van der Waals surface area contributed by atoms with Crippen molar-refractivity contribution in [2.24, 2.45) is 0 Å². The number of hydrogen-bond acceptors (Lipinski definition) is 2. The van der Waals surface area contributed by atoms with E-state index < -0.39 is 5.67 Å². The van der Waals surface area contributed by atoms with Crippen LogP contribution in [0.25, 0.3) is 0 Å². The van der Waals surface area contributed by atoms with Gasteiger partial charge in [-0.25, -0.2) is 4.39 Å². The van der Waals surface area contributed by atoms with E-state index in [0.717, 1.165) is 45.2 Å². The highest BCUT2D eigenvalue weighted by Gasteiger charge is 2.45. The molecule has 1 aromatic heterocycles. The maximum atomic E-state index is 13.8. The fourth-order valence-electron chi connectivity index (χ4n) is 2.95. The van der Waals surface area contributed by atoms with Gasteiger partial charge in [-0.15, -0.1) is 0 Å². The van der Waals surface area contributed by atoms with Gasteiger partial charge in [0.15, 0.2) is 0 Å². The van der Waals surface area contributed by atoms with Gasteiger partial charge in [0.25, 0.3) is 0 Å². The van der Waals surface area contributed by atoms with Crippen molar-refractivity contribution < 1.29 is 4.39 Å². The third-order valence-electron chi connectivity index (χ3n) is 4.83. The van der Waals surface area contributed by atoms with E-state index in [1.165, 1.54) is 5.56 Å². The van der Waals surface area contributed by atoms with Crippen molar-refractivity contribution in [3.05, 3.63) is 18.0 Å². The smallest absolute Gasteiger partial charge is 0.123 e. The number of aryl methyl sites for hydroxylation is 1. The number of hydrogen-bond donors (Lipinski definition) is 0. The molecule has 19 heavy (non-hydrogen) atoms. The van der Waals surface area contributed by atoms with Crippen LogP contribution >= 0.6 is 0 Å². The number of halogens is 1. The van der Waals surface area contributed by atoms with Crippen molar-refractivity contribution in [3.63, 3.8) is 0 Å². The molecule has 0 radical (unpaired) electrons. The zero-order valence-electron chi connectivity index (χ0n) is 12.0. The van der Waals surface area contributed by atoms with Gasteiger partial charge in [0, 0.05) is 25.8 Å². The highest BCUT2D eigenvalue weighted by molar-refractivity contribution is 5.06. The molecule has 0 unspecified atom stereocenters. The number of rotatable bonds is 4. The monoisotopic (exact) mass is 265 g/mol. The highest BCUT2D eigenvalue weighted by Crippen LogP contribution is 2.41. The molecule has 2 aliphatic rings. The van der Waals surface area contributed by atoms with Gasteiger partial charge in [0.1, 0.15) is 5.67 Å². The number of alkyl halides is 1. The average Bonchev–Trinajstić information content (AvgIpc) is 2.95. The topological polar surface area (TPSA) is 21.1 Å². The standard InChI is InChI=1S/C15H24FN3/c1-3-13-10-17-19(11-13)14(2)6-8-18(9-7-14)12-15(16)4-5-15/h10-11H,3-9,12H2,1-2H3. The third kappa shape index (κ3) is 2.69. The van der Waals surface area contributed by atoms with E-state index in [-0.39, 0.29) is 5.54 Å². The summed E-state index contributed by atoms with van der Waals surface area (Å²) in [4.78, 5) is 2.29. The molecule has 0 aromatic carbocycles. The van der Waals surface area contributed by atoms with Crippen LogP contribution in [0, 0.1) is 0 Å². The van der Waals surface area contributed by atoms with Gasteiger partial charge >= 0.3 is 0 Å². The van der Waals surface area contributed by atoms with Crippen LogP contribution in [0.5, 0.6) is 0 Å². The van der Waals surface area contributed by atoms with Crippen molar-refractivity contribution in [1.29, 1.82) is 0 Å². The molecule has 4 heteroatoms. The molecule has 0 N–H and O–H groups in total. The normalized spacial score (nSPS) is 25.4. The Hall–Kier alpha value is -0.900.